The van der Waals surface area contributed by atoms with Gasteiger partial charge in [0.25, 0.3) is 0 Å². The van der Waals surface area contributed by atoms with E-state index in [9.17, 15) is 9.59 Å². The first-order valence-corrected chi connectivity index (χ1v) is 10.9. The lowest BCUT2D eigenvalue weighted by atomic mass is 9.83. The number of morpholine rings is 1. The highest BCUT2D eigenvalue weighted by Crippen LogP contribution is 2.38. The third kappa shape index (κ3) is 4.25. The van der Waals surface area contributed by atoms with Crippen LogP contribution in [-0.4, -0.2) is 93.8 Å². The largest absolute Gasteiger partial charge is 0.497 e. The Bertz CT molecular complexity index is 780. The molecule has 3 aliphatic heterocycles. The van der Waals surface area contributed by atoms with Gasteiger partial charge in [-0.2, -0.15) is 0 Å². The van der Waals surface area contributed by atoms with Crippen molar-refractivity contribution < 1.29 is 19.1 Å². The summed E-state index contributed by atoms with van der Waals surface area (Å²) in [4.78, 5) is 32.1. The van der Waals surface area contributed by atoms with Crippen molar-refractivity contribution in [1.82, 2.24) is 15.1 Å². The predicted octanol–water partition coefficient (Wildman–Crippen LogP) is 0.353. The van der Waals surface area contributed by atoms with Gasteiger partial charge < -0.3 is 24.6 Å². The summed E-state index contributed by atoms with van der Waals surface area (Å²) in [5.41, 5.74) is 2.33. The Morgan fingerprint density at radius 1 is 1.20 bits per heavy atom. The molecule has 1 aromatic carbocycles. The number of rotatable bonds is 5. The van der Waals surface area contributed by atoms with E-state index in [4.69, 9.17) is 9.47 Å². The highest BCUT2D eigenvalue weighted by molar-refractivity contribution is 5.82. The third-order valence-electron chi connectivity index (χ3n) is 6.42. The van der Waals surface area contributed by atoms with Crippen molar-refractivity contribution in [3.8, 4) is 5.75 Å². The molecule has 4 rings (SSSR count). The number of hydrogen-bond donors (Lipinski definition) is 1. The van der Waals surface area contributed by atoms with Crippen molar-refractivity contribution in [2.45, 2.75) is 19.4 Å². The second kappa shape index (κ2) is 9.22. The van der Waals surface area contributed by atoms with Gasteiger partial charge in [-0.15, -0.1) is 0 Å². The molecule has 8 nitrogen and oxygen atoms in total. The van der Waals surface area contributed by atoms with Gasteiger partial charge in [0.05, 0.1) is 38.8 Å². The minimum atomic E-state index is -0.132. The monoisotopic (exact) mass is 416 g/mol. The van der Waals surface area contributed by atoms with Crippen molar-refractivity contribution in [3.63, 3.8) is 0 Å². The number of carbonyl (C=O) groups excluding carboxylic acids is 2. The first-order chi connectivity index (χ1) is 14.6. The highest BCUT2D eigenvalue weighted by atomic mass is 16.5. The number of ether oxygens (including phenoxy) is 2. The zero-order chi connectivity index (χ0) is 21.1. The summed E-state index contributed by atoms with van der Waals surface area (Å²) in [6.07, 6.45) is 0.706. The van der Waals surface area contributed by atoms with Crippen LogP contribution in [0.15, 0.2) is 18.2 Å². The van der Waals surface area contributed by atoms with Crippen LogP contribution >= 0.6 is 0 Å². The molecule has 164 valence electrons. The first kappa shape index (κ1) is 20.9. The molecular formula is C22H32N4O4. The van der Waals surface area contributed by atoms with E-state index in [1.807, 2.05) is 17.9 Å². The number of methoxy groups -OCH3 is 1. The molecule has 0 spiro atoms. The molecule has 0 radical (unpaired) electrons. The van der Waals surface area contributed by atoms with E-state index < -0.39 is 0 Å². The van der Waals surface area contributed by atoms with Gasteiger partial charge in [0.2, 0.25) is 11.8 Å². The molecule has 0 aliphatic carbocycles. The smallest absolute Gasteiger partial charge is 0.236 e. The van der Waals surface area contributed by atoms with Gasteiger partial charge in [0, 0.05) is 51.0 Å². The Morgan fingerprint density at radius 2 is 2.00 bits per heavy atom. The second-order valence-corrected chi connectivity index (χ2v) is 8.19. The summed E-state index contributed by atoms with van der Waals surface area (Å²) in [7, 11) is 1.68. The van der Waals surface area contributed by atoms with E-state index in [0.717, 1.165) is 24.5 Å². The van der Waals surface area contributed by atoms with Crippen LogP contribution in [-0.2, 0) is 20.7 Å². The average molecular weight is 417 g/mol. The summed E-state index contributed by atoms with van der Waals surface area (Å²) >= 11 is 0. The summed E-state index contributed by atoms with van der Waals surface area (Å²) in [5, 5.41) is 3.01. The van der Waals surface area contributed by atoms with Gasteiger partial charge in [-0.1, -0.05) is 6.07 Å². The Hall–Kier alpha value is -2.32. The number of carbonyl (C=O) groups is 2. The zero-order valence-corrected chi connectivity index (χ0v) is 17.9. The average Bonchev–Trinajstić information content (AvgIpc) is 2.78. The van der Waals surface area contributed by atoms with Crippen LogP contribution in [0.2, 0.25) is 0 Å². The molecule has 2 amide bonds. The van der Waals surface area contributed by atoms with E-state index in [-0.39, 0.29) is 23.8 Å². The van der Waals surface area contributed by atoms with Crippen LogP contribution in [0.1, 0.15) is 12.5 Å². The molecule has 0 saturated carbocycles. The van der Waals surface area contributed by atoms with Gasteiger partial charge in [0.1, 0.15) is 5.75 Å². The normalized spacial score (nSPS) is 24.1. The van der Waals surface area contributed by atoms with Crippen molar-refractivity contribution in [3.05, 3.63) is 23.8 Å². The molecule has 8 heteroatoms. The first-order valence-electron chi connectivity index (χ1n) is 10.9. The Balaban J connectivity index is 1.52. The fourth-order valence-electron chi connectivity index (χ4n) is 4.82. The maximum Gasteiger partial charge on any atom is 0.236 e. The van der Waals surface area contributed by atoms with E-state index >= 15 is 0 Å². The van der Waals surface area contributed by atoms with Crippen LogP contribution in [0.25, 0.3) is 0 Å². The van der Waals surface area contributed by atoms with Crippen LogP contribution in [0.4, 0.5) is 5.69 Å². The standard InChI is InChI=1S/C22H32N4O4/c1-3-23-22(28)18-12-16-4-5-17(29-2)13-19(16)26-7-6-24(14-20(18)26)15-21(27)25-8-10-30-11-9-25/h4-5,13,18,20H,3,6-12,14-15H2,1-2H3,(H,23,28)/t18-,20+/m1/s1. The predicted molar refractivity (Wildman–Crippen MR) is 114 cm³/mol. The van der Waals surface area contributed by atoms with Gasteiger partial charge >= 0.3 is 0 Å². The quantitative estimate of drug-likeness (QED) is 0.747. The lowest BCUT2D eigenvalue weighted by Gasteiger charge is -2.49. The van der Waals surface area contributed by atoms with Crippen LogP contribution in [0, 0.1) is 5.92 Å². The van der Waals surface area contributed by atoms with Gasteiger partial charge in [-0.3, -0.25) is 14.5 Å². The lowest BCUT2D eigenvalue weighted by molar-refractivity contribution is -0.136. The van der Waals surface area contributed by atoms with Gasteiger partial charge in [0.15, 0.2) is 0 Å². The summed E-state index contributed by atoms with van der Waals surface area (Å²) in [5.74, 6) is 0.940. The number of fused-ring (bicyclic) bond motifs is 3. The number of anilines is 1. The highest BCUT2D eigenvalue weighted by Gasteiger charge is 2.42. The van der Waals surface area contributed by atoms with E-state index in [0.29, 0.717) is 52.4 Å². The molecule has 2 saturated heterocycles. The van der Waals surface area contributed by atoms with Crippen LogP contribution < -0.4 is 15.0 Å². The Kier molecular flexibility index (Phi) is 6.43. The summed E-state index contributed by atoms with van der Waals surface area (Å²) in [6.45, 7) is 7.81. The molecule has 3 heterocycles. The molecule has 2 atom stereocenters. The molecule has 1 aromatic rings. The van der Waals surface area contributed by atoms with Crippen LogP contribution in [0.5, 0.6) is 5.75 Å². The van der Waals surface area contributed by atoms with E-state index in [1.165, 1.54) is 5.56 Å². The van der Waals surface area contributed by atoms with E-state index in [1.54, 1.807) is 7.11 Å². The number of nitrogens with zero attached hydrogens (tertiary/aromatic N) is 3. The number of nitrogens with one attached hydrogen (secondary N) is 1. The lowest BCUT2D eigenvalue weighted by Crippen LogP contribution is -2.62. The molecule has 3 aliphatic rings. The van der Waals surface area contributed by atoms with Crippen molar-refractivity contribution in [2.24, 2.45) is 5.92 Å². The minimum absolute atomic E-state index is 0.0439. The number of piperazine rings is 1. The molecule has 1 N–H and O–H groups in total. The number of hydrogen-bond acceptors (Lipinski definition) is 6. The molecule has 30 heavy (non-hydrogen) atoms. The molecule has 2 fully saturated rings. The van der Waals surface area contributed by atoms with Crippen molar-refractivity contribution in [1.29, 1.82) is 0 Å². The fourth-order valence-corrected chi connectivity index (χ4v) is 4.82. The van der Waals surface area contributed by atoms with Crippen molar-refractivity contribution >= 4 is 17.5 Å². The van der Waals surface area contributed by atoms with Gasteiger partial charge in [-0.05, 0) is 25.0 Å². The zero-order valence-electron chi connectivity index (χ0n) is 17.9. The maximum absolute atomic E-state index is 12.9. The molecular weight excluding hydrogens is 384 g/mol. The van der Waals surface area contributed by atoms with Crippen molar-refractivity contribution in [2.75, 3.05) is 71.0 Å². The fraction of sp³-hybridized carbons (Fsp3) is 0.636. The second-order valence-electron chi connectivity index (χ2n) is 8.19. The van der Waals surface area contributed by atoms with Crippen LogP contribution in [0.3, 0.4) is 0 Å². The number of benzene rings is 1. The molecule has 0 bridgehead atoms. The van der Waals surface area contributed by atoms with Gasteiger partial charge in [-0.25, -0.2) is 0 Å². The minimum Gasteiger partial charge on any atom is -0.497 e. The molecule has 0 unspecified atom stereocenters. The Morgan fingerprint density at radius 3 is 2.73 bits per heavy atom. The molecule has 0 aromatic heterocycles. The summed E-state index contributed by atoms with van der Waals surface area (Å²) < 4.78 is 10.8. The van der Waals surface area contributed by atoms with E-state index in [2.05, 4.69) is 27.2 Å². The summed E-state index contributed by atoms with van der Waals surface area (Å²) in [6, 6.07) is 6.16. The third-order valence-corrected chi connectivity index (χ3v) is 6.42. The Labute approximate surface area is 178 Å². The SMILES string of the molecule is CCNC(=O)[C@@H]1Cc2ccc(OC)cc2N2CCN(CC(=O)N3CCOCC3)C[C@@H]12. The topological polar surface area (TPSA) is 74.4 Å². The maximum atomic E-state index is 12.9. The number of amides is 2.